The van der Waals surface area contributed by atoms with Gasteiger partial charge in [-0.3, -0.25) is 4.99 Å². The molecule has 1 aromatic carbocycles. The van der Waals surface area contributed by atoms with Crippen LogP contribution < -0.4 is 0 Å². The molecule has 0 aromatic heterocycles. The lowest BCUT2D eigenvalue weighted by molar-refractivity contribution is 0.0184. The van der Waals surface area contributed by atoms with Crippen LogP contribution >= 0.6 is 0 Å². The third-order valence-electron chi connectivity index (χ3n) is 4.13. The van der Waals surface area contributed by atoms with Gasteiger partial charge in [-0.1, -0.05) is 30.3 Å². The van der Waals surface area contributed by atoms with Gasteiger partial charge in [-0.2, -0.15) is 0 Å². The van der Waals surface area contributed by atoms with Crippen LogP contribution in [0.15, 0.2) is 35.3 Å². The van der Waals surface area contributed by atoms with Crippen LogP contribution in [0.25, 0.3) is 0 Å². The molecule has 1 aliphatic rings. The Morgan fingerprint density at radius 3 is 2.35 bits per heavy atom. The summed E-state index contributed by atoms with van der Waals surface area (Å²) in [6, 6.07) is 10.8. The summed E-state index contributed by atoms with van der Waals surface area (Å²) in [6.45, 7) is 5.69. The SMILES string of the molecule is CN(C(=O)OC(C)(C)C)C1CCC(N=Cc2ccccc2)CC1. The monoisotopic (exact) mass is 316 g/mol. The minimum atomic E-state index is -0.442. The summed E-state index contributed by atoms with van der Waals surface area (Å²) in [5.41, 5.74) is 0.697. The molecule has 0 unspecified atom stereocenters. The van der Waals surface area contributed by atoms with Gasteiger partial charge in [0.25, 0.3) is 0 Å². The summed E-state index contributed by atoms with van der Waals surface area (Å²) >= 11 is 0. The molecule has 1 saturated carbocycles. The van der Waals surface area contributed by atoms with Crippen molar-refractivity contribution in [1.29, 1.82) is 0 Å². The number of amides is 1. The summed E-state index contributed by atoms with van der Waals surface area (Å²) in [6.07, 6.45) is 5.72. The first-order valence-corrected chi connectivity index (χ1v) is 8.39. The fraction of sp³-hybridized carbons (Fsp3) is 0.579. The van der Waals surface area contributed by atoms with Gasteiger partial charge in [0.1, 0.15) is 5.60 Å². The Bertz CT molecular complexity index is 526. The number of benzene rings is 1. The normalized spacial score (nSPS) is 22.1. The molecule has 0 spiro atoms. The Morgan fingerprint density at radius 2 is 1.78 bits per heavy atom. The Labute approximate surface area is 139 Å². The Kier molecular flexibility index (Phi) is 5.80. The van der Waals surface area contributed by atoms with E-state index in [1.807, 2.05) is 52.2 Å². The van der Waals surface area contributed by atoms with Crippen LogP contribution in [-0.2, 0) is 4.74 Å². The molecular weight excluding hydrogens is 288 g/mol. The van der Waals surface area contributed by atoms with E-state index in [1.165, 1.54) is 0 Å². The summed E-state index contributed by atoms with van der Waals surface area (Å²) in [5.74, 6) is 0. The van der Waals surface area contributed by atoms with E-state index in [9.17, 15) is 4.79 Å². The number of ether oxygens (including phenoxy) is 1. The molecule has 0 heterocycles. The van der Waals surface area contributed by atoms with E-state index in [-0.39, 0.29) is 12.1 Å². The van der Waals surface area contributed by atoms with Crippen LogP contribution in [0, 0.1) is 0 Å². The van der Waals surface area contributed by atoms with Crippen LogP contribution in [0.1, 0.15) is 52.0 Å². The molecule has 0 N–H and O–H groups in total. The van der Waals surface area contributed by atoms with Gasteiger partial charge in [0.05, 0.1) is 6.04 Å². The molecule has 1 fully saturated rings. The fourth-order valence-electron chi connectivity index (χ4n) is 2.81. The number of hydrogen-bond acceptors (Lipinski definition) is 3. The Hall–Kier alpha value is -1.84. The first kappa shape index (κ1) is 17.5. The number of nitrogens with zero attached hydrogens (tertiary/aromatic N) is 2. The second-order valence-corrected chi connectivity index (χ2v) is 7.24. The van der Waals surface area contributed by atoms with Crippen molar-refractivity contribution in [3.8, 4) is 0 Å². The molecule has 1 amide bonds. The molecular formula is C19H28N2O2. The molecule has 4 heteroatoms. The molecule has 4 nitrogen and oxygen atoms in total. The molecule has 23 heavy (non-hydrogen) atoms. The maximum atomic E-state index is 12.1. The van der Waals surface area contributed by atoms with Crippen molar-refractivity contribution in [3.63, 3.8) is 0 Å². The highest BCUT2D eigenvalue weighted by Crippen LogP contribution is 2.25. The van der Waals surface area contributed by atoms with Gasteiger partial charge >= 0.3 is 6.09 Å². The first-order chi connectivity index (χ1) is 10.8. The molecule has 0 bridgehead atoms. The lowest BCUT2D eigenvalue weighted by atomic mass is 9.91. The highest BCUT2D eigenvalue weighted by Gasteiger charge is 2.28. The molecule has 1 aliphatic carbocycles. The van der Waals surface area contributed by atoms with E-state index in [0.717, 1.165) is 31.2 Å². The standard InChI is InChI=1S/C19H28N2O2/c1-19(2,3)23-18(22)21(4)17-12-10-16(11-13-17)20-14-15-8-6-5-7-9-15/h5-9,14,16-17H,10-13H2,1-4H3. The second-order valence-electron chi connectivity index (χ2n) is 7.24. The van der Waals surface area contributed by atoms with E-state index in [2.05, 4.69) is 12.1 Å². The highest BCUT2D eigenvalue weighted by atomic mass is 16.6. The van der Waals surface area contributed by atoms with Crippen molar-refractivity contribution < 1.29 is 9.53 Å². The number of carbonyl (C=O) groups is 1. The molecule has 0 saturated heterocycles. The average molecular weight is 316 g/mol. The van der Waals surface area contributed by atoms with E-state index < -0.39 is 5.60 Å². The Balaban J connectivity index is 1.81. The predicted octanol–water partition coefficient (Wildman–Crippen LogP) is 4.28. The van der Waals surface area contributed by atoms with Gasteiger partial charge in [0, 0.05) is 19.3 Å². The maximum Gasteiger partial charge on any atom is 0.410 e. The largest absolute Gasteiger partial charge is 0.444 e. The zero-order valence-electron chi connectivity index (χ0n) is 14.7. The minimum absolute atomic E-state index is 0.228. The first-order valence-electron chi connectivity index (χ1n) is 8.39. The summed E-state index contributed by atoms with van der Waals surface area (Å²) in [5, 5.41) is 0. The lowest BCUT2D eigenvalue weighted by Gasteiger charge is -2.34. The zero-order chi connectivity index (χ0) is 16.9. The van der Waals surface area contributed by atoms with Crippen molar-refractivity contribution in [2.45, 2.75) is 64.1 Å². The maximum absolute atomic E-state index is 12.1. The van der Waals surface area contributed by atoms with Crippen molar-refractivity contribution >= 4 is 12.3 Å². The third kappa shape index (κ3) is 5.70. The molecule has 1 aromatic rings. The van der Waals surface area contributed by atoms with E-state index in [0.29, 0.717) is 6.04 Å². The molecule has 126 valence electrons. The van der Waals surface area contributed by atoms with Gasteiger partial charge in [0.2, 0.25) is 0 Å². The van der Waals surface area contributed by atoms with Gasteiger partial charge < -0.3 is 9.64 Å². The zero-order valence-corrected chi connectivity index (χ0v) is 14.7. The van der Waals surface area contributed by atoms with Crippen molar-refractivity contribution in [2.24, 2.45) is 4.99 Å². The molecule has 2 rings (SSSR count). The Morgan fingerprint density at radius 1 is 1.17 bits per heavy atom. The number of hydrogen-bond donors (Lipinski definition) is 0. The van der Waals surface area contributed by atoms with Crippen molar-refractivity contribution in [2.75, 3.05) is 7.05 Å². The topological polar surface area (TPSA) is 41.9 Å². The van der Waals surface area contributed by atoms with Gasteiger partial charge in [-0.05, 0) is 52.0 Å². The smallest absolute Gasteiger partial charge is 0.410 e. The molecule has 0 atom stereocenters. The van der Waals surface area contributed by atoms with Crippen molar-refractivity contribution in [3.05, 3.63) is 35.9 Å². The number of rotatable bonds is 3. The number of carbonyl (C=O) groups excluding carboxylic acids is 1. The second kappa shape index (κ2) is 7.62. The summed E-state index contributed by atoms with van der Waals surface area (Å²) in [7, 11) is 1.84. The number of aliphatic imine (C=N–C) groups is 1. The predicted molar refractivity (Wildman–Crippen MR) is 94.1 cm³/mol. The quantitative estimate of drug-likeness (QED) is 0.781. The fourth-order valence-corrected chi connectivity index (χ4v) is 2.81. The average Bonchev–Trinajstić information content (AvgIpc) is 2.52. The lowest BCUT2D eigenvalue weighted by Crippen LogP contribution is -2.42. The highest BCUT2D eigenvalue weighted by molar-refractivity contribution is 5.79. The van der Waals surface area contributed by atoms with Crippen LogP contribution in [0.2, 0.25) is 0 Å². The summed E-state index contributed by atoms with van der Waals surface area (Å²) < 4.78 is 5.44. The van der Waals surface area contributed by atoms with E-state index in [1.54, 1.807) is 4.90 Å². The molecule has 0 radical (unpaired) electrons. The van der Waals surface area contributed by atoms with Crippen LogP contribution in [0.5, 0.6) is 0 Å². The van der Waals surface area contributed by atoms with Crippen molar-refractivity contribution in [1.82, 2.24) is 4.90 Å². The molecule has 0 aliphatic heterocycles. The summed E-state index contributed by atoms with van der Waals surface area (Å²) in [4.78, 5) is 18.6. The van der Waals surface area contributed by atoms with Gasteiger partial charge in [-0.15, -0.1) is 0 Å². The van der Waals surface area contributed by atoms with Crippen LogP contribution in [0.3, 0.4) is 0 Å². The minimum Gasteiger partial charge on any atom is -0.444 e. The van der Waals surface area contributed by atoms with E-state index >= 15 is 0 Å². The van der Waals surface area contributed by atoms with E-state index in [4.69, 9.17) is 9.73 Å². The van der Waals surface area contributed by atoms with Gasteiger partial charge in [0.15, 0.2) is 0 Å². The van der Waals surface area contributed by atoms with Gasteiger partial charge in [-0.25, -0.2) is 4.79 Å². The van der Waals surface area contributed by atoms with Crippen LogP contribution in [-0.4, -0.2) is 41.9 Å². The third-order valence-corrected chi connectivity index (χ3v) is 4.13. The van der Waals surface area contributed by atoms with Crippen LogP contribution in [0.4, 0.5) is 4.79 Å².